The molecule has 0 aromatic carbocycles. The van der Waals surface area contributed by atoms with Gasteiger partial charge in [-0.2, -0.15) is 11.3 Å². The van der Waals surface area contributed by atoms with Gasteiger partial charge in [0.05, 0.1) is 12.3 Å². The van der Waals surface area contributed by atoms with Crippen molar-refractivity contribution in [3.8, 4) is 0 Å². The van der Waals surface area contributed by atoms with E-state index in [4.69, 9.17) is 4.42 Å². The van der Waals surface area contributed by atoms with Gasteiger partial charge < -0.3 is 15.1 Å². The van der Waals surface area contributed by atoms with E-state index in [-0.39, 0.29) is 30.0 Å². The minimum atomic E-state index is 0. The highest BCUT2D eigenvalue weighted by atomic mass is 127. The maximum atomic E-state index is 5.68. The van der Waals surface area contributed by atoms with E-state index in [2.05, 4.69) is 50.3 Å². The van der Waals surface area contributed by atoms with E-state index in [0.29, 0.717) is 5.92 Å². The number of rotatable bonds is 7. The number of halogens is 1. The van der Waals surface area contributed by atoms with Crippen molar-refractivity contribution < 1.29 is 4.42 Å². The first-order valence-electron chi connectivity index (χ1n) is 9.02. The van der Waals surface area contributed by atoms with Gasteiger partial charge in [-0.25, -0.2) is 0 Å². The van der Waals surface area contributed by atoms with Gasteiger partial charge in [-0.15, -0.1) is 24.0 Å². The van der Waals surface area contributed by atoms with Crippen molar-refractivity contribution in [1.29, 1.82) is 0 Å². The van der Waals surface area contributed by atoms with Crippen LogP contribution in [0.1, 0.15) is 43.0 Å². The van der Waals surface area contributed by atoms with Gasteiger partial charge in [0.2, 0.25) is 0 Å². The largest absolute Gasteiger partial charge is 0.468 e. The van der Waals surface area contributed by atoms with Crippen LogP contribution in [0.25, 0.3) is 0 Å². The molecule has 5 nitrogen and oxygen atoms in total. The predicted molar refractivity (Wildman–Crippen MR) is 120 cm³/mol. The SMILES string of the molecule is CN=C(NCC(C)c1ccsc1)NCC(c1ccco1)N1CCCC1.I. The molecule has 144 valence electrons. The summed E-state index contributed by atoms with van der Waals surface area (Å²) in [7, 11) is 1.82. The van der Waals surface area contributed by atoms with Crippen LogP contribution >= 0.6 is 35.3 Å². The Labute approximate surface area is 177 Å². The summed E-state index contributed by atoms with van der Waals surface area (Å²) in [4.78, 5) is 6.86. The molecule has 0 spiro atoms. The normalized spacial score (nSPS) is 17.5. The van der Waals surface area contributed by atoms with Crippen LogP contribution in [0.2, 0.25) is 0 Å². The first-order chi connectivity index (χ1) is 12.3. The molecule has 1 aliphatic heterocycles. The van der Waals surface area contributed by atoms with Gasteiger partial charge in [0.15, 0.2) is 5.96 Å². The number of likely N-dealkylation sites (tertiary alicyclic amines) is 1. The minimum Gasteiger partial charge on any atom is -0.468 e. The summed E-state index contributed by atoms with van der Waals surface area (Å²) in [5.74, 6) is 2.33. The van der Waals surface area contributed by atoms with E-state index in [1.54, 1.807) is 17.6 Å². The Morgan fingerprint density at radius 3 is 2.65 bits per heavy atom. The Morgan fingerprint density at radius 1 is 1.27 bits per heavy atom. The highest BCUT2D eigenvalue weighted by molar-refractivity contribution is 14.0. The number of nitrogens with zero attached hydrogens (tertiary/aromatic N) is 2. The molecule has 2 aromatic rings. The summed E-state index contributed by atoms with van der Waals surface area (Å²) in [6, 6.07) is 6.48. The van der Waals surface area contributed by atoms with Crippen LogP contribution in [0, 0.1) is 0 Å². The van der Waals surface area contributed by atoms with E-state index in [1.807, 2.05) is 13.1 Å². The lowest BCUT2D eigenvalue weighted by Crippen LogP contribution is -2.43. The summed E-state index contributed by atoms with van der Waals surface area (Å²) >= 11 is 1.75. The number of guanidine groups is 1. The van der Waals surface area contributed by atoms with Crippen LogP contribution in [0.4, 0.5) is 0 Å². The van der Waals surface area contributed by atoms with E-state index in [9.17, 15) is 0 Å². The third kappa shape index (κ3) is 5.72. The first kappa shape index (κ1) is 21.2. The molecule has 0 aliphatic carbocycles. The molecule has 2 atom stereocenters. The fourth-order valence-electron chi connectivity index (χ4n) is 3.28. The molecule has 3 heterocycles. The van der Waals surface area contributed by atoms with Gasteiger partial charge in [-0.05, 0) is 66.4 Å². The lowest BCUT2D eigenvalue weighted by Gasteiger charge is -2.27. The van der Waals surface area contributed by atoms with Gasteiger partial charge >= 0.3 is 0 Å². The zero-order valence-corrected chi connectivity index (χ0v) is 18.6. The number of thiophene rings is 1. The lowest BCUT2D eigenvalue weighted by molar-refractivity contribution is 0.215. The van der Waals surface area contributed by atoms with Gasteiger partial charge in [0.25, 0.3) is 0 Å². The fraction of sp³-hybridized carbons (Fsp3) is 0.526. The molecule has 0 amide bonds. The summed E-state index contributed by atoms with van der Waals surface area (Å²) in [6.45, 7) is 6.16. The zero-order valence-electron chi connectivity index (χ0n) is 15.5. The molecule has 2 aromatic heterocycles. The van der Waals surface area contributed by atoms with Crippen molar-refractivity contribution in [2.75, 3.05) is 33.2 Å². The monoisotopic (exact) mass is 488 g/mol. The van der Waals surface area contributed by atoms with Crippen molar-refractivity contribution in [3.05, 3.63) is 46.5 Å². The van der Waals surface area contributed by atoms with Gasteiger partial charge in [0.1, 0.15) is 5.76 Å². The van der Waals surface area contributed by atoms with Gasteiger partial charge in [-0.1, -0.05) is 6.92 Å². The Hall–Kier alpha value is -1.06. The van der Waals surface area contributed by atoms with Crippen molar-refractivity contribution in [2.24, 2.45) is 4.99 Å². The Morgan fingerprint density at radius 2 is 2.04 bits per heavy atom. The van der Waals surface area contributed by atoms with E-state index < -0.39 is 0 Å². The zero-order chi connectivity index (χ0) is 17.5. The molecule has 0 bridgehead atoms. The minimum absolute atomic E-state index is 0. The number of furan rings is 1. The molecule has 1 aliphatic rings. The number of nitrogens with one attached hydrogen (secondary N) is 2. The average Bonchev–Trinajstić information content (AvgIpc) is 3.40. The van der Waals surface area contributed by atoms with E-state index in [1.165, 1.54) is 18.4 Å². The highest BCUT2D eigenvalue weighted by Gasteiger charge is 2.25. The van der Waals surface area contributed by atoms with Gasteiger partial charge in [-0.3, -0.25) is 9.89 Å². The van der Waals surface area contributed by atoms with Crippen molar-refractivity contribution in [3.63, 3.8) is 0 Å². The van der Waals surface area contributed by atoms with Crippen LogP contribution < -0.4 is 10.6 Å². The molecule has 1 saturated heterocycles. The molecule has 1 fully saturated rings. The topological polar surface area (TPSA) is 52.8 Å². The van der Waals surface area contributed by atoms with Crippen LogP contribution in [0.15, 0.2) is 44.6 Å². The van der Waals surface area contributed by atoms with Crippen molar-refractivity contribution in [1.82, 2.24) is 15.5 Å². The molecule has 3 rings (SSSR count). The third-order valence-corrected chi connectivity index (χ3v) is 5.53. The first-order valence-corrected chi connectivity index (χ1v) is 9.96. The summed E-state index contributed by atoms with van der Waals surface area (Å²) < 4.78 is 5.68. The predicted octanol–water partition coefficient (Wildman–Crippen LogP) is 4.06. The smallest absolute Gasteiger partial charge is 0.191 e. The number of aliphatic imine (C=N–C) groups is 1. The Balaban J connectivity index is 0.00000243. The standard InChI is InChI=1S/C19H28N4OS.HI/c1-15(16-7-11-25-14-16)12-21-19(20-2)22-13-17(18-6-5-10-24-18)23-8-3-4-9-23;/h5-7,10-11,14-15,17H,3-4,8-9,12-13H2,1-2H3,(H2,20,21,22);1H. The number of hydrogen-bond acceptors (Lipinski definition) is 4. The Bertz CT molecular complexity index is 639. The molecule has 26 heavy (non-hydrogen) atoms. The maximum Gasteiger partial charge on any atom is 0.191 e. The second-order valence-electron chi connectivity index (χ2n) is 6.57. The molecular weight excluding hydrogens is 459 g/mol. The lowest BCUT2D eigenvalue weighted by atomic mass is 10.1. The Kier molecular flexibility index (Phi) is 8.94. The second kappa shape index (κ2) is 10.9. The summed E-state index contributed by atoms with van der Waals surface area (Å²) in [5.41, 5.74) is 1.37. The quantitative estimate of drug-likeness (QED) is 0.351. The van der Waals surface area contributed by atoms with Crippen LogP contribution in [0.5, 0.6) is 0 Å². The molecule has 0 saturated carbocycles. The van der Waals surface area contributed by atoms with Crippen molar-refractivity contribution in [2.45, 2.75) is 31.7 Å². The van der Waals surface area contributed by atoms with E-state index >= 15 is 0 Å². The molecule has 2 N–H and O–H groups in total. The van der Waals surface area contributed by atoms with Gasteiger partial charge in [0, 0.05) is 20.1 Å². The average molecular weight is 488 g/mol. The number of hydrogen-bond donors (Lipinski definition) is 2. The van der Waals surface area contributed by atoms with Crippen LogP contribution in [-0.2, 0) is 0 Å². The molecule has 2 unspecified atom stereocenters. The van der Waals surface area contributed by atoms with Crippen LogP contribution in [0.3, 0.4) is 0 Å². The maximum absolute atomic E-state index is 5.68. The summed E-state index contributed by atoms with van der Waals surface area (Å²) in [5, 5.41) is 11.3. The molecule has 0 radical (unpaired) electrons. The highest BCUT2D eigenvalue weighted by Crippen LogP contribution is 2.24. The third-order valence-electron chi connectivity index (χ3n) is 4.83. The van der Waals surface area contributed by atoms with E-state index in [0.717, 1.165) is 37.9 Å². The summed E-state index contributed by atoms with van der Waals surface area (Å²) in [6.07, 6.45) is 4.29. The fourth-order valence-corrected chi connectivity index (χ4v) is 4.06. The second-order valence-corrected chi connectivity index (χ2v) is 7.35. The van der Waals surface area contributed by atoms with Crippen molar-refractivity contribution >= 4 is 41.3 Å². The molecular formula is C19H29IN4OS. The molecule has 7 heteroatoms. The van der Waals surface area contributed by atoms with Crippen LogP contribution in [-0.4, -0.2) is 44.1 Å².